The largest absolute Gasteiger partial charge is 0.218 e. The third-order valence-corrected chi connectivity index (χ3v) is 1.50. The first-order valence-electron chi connectivity index (χ1n) is 3.15. The smallest absolute Gasteiger partial charge is 0.201 e. The summed E-state index contributed by atoms with van der Waals surface area (Å²) in [6.45, 7) is 2.67. The van der Waals surface area contributed by atoms with E-state index in [2.05, 4.69) is 11.6 Å². The van der Waals surface area contributed by atoms with E-state index in [1.165, 1.54) is 0 Å². The van der Waals surface area contributed by atoms with Crippen LogP contribution in [0.25, 0.3) is 0 Å². The monoisotopic (exact) mass is 174 g/mol. The molecular weight excluding hydrogens is 161 g/mol. The molecule has 0 aliphatic heterocycles. The van der Waals surface area contributed by atoms with Crippen LogP contribution in [0.15, 0.2) is 0 Å². The molecule has 1 radical (unpaired) electrons. The van der Waals surface area contributed by atoms with Crippen molar-refractivity contribution in [1.82, 2.24) is 4.72 Å². The first-order valence-corrected chi connectivity index (χ1v) is 4.33. The Kier molecular flexibility index (Phi) is 13.4. The van der Waals surface area contributed by atoms with Crippen LogP contribution >= 0.6 is 0 Å². The summed E-state index contributed by atoms with van der Waals surface area (Å²) in [5, 5.41) is 0. The fraction of sp³-hybridized carbons (Fsp3) is 1.00. The van der Waals surface area contributed by atoms with Crippen LogP contribution in [0.3, 0.4) is 0 Å². The SMILES string of the molecule is CCCCCN[SH](=O)=O.[Na]. The fourth-order valence-electron chi connectivity index (χ4n) is 0.545. The van der Waals surface area contributed by atoms with Gasteiger partial charge in [0.1, 0.15) is 0 Å². The topological polar surface area (TPSA) is 46.2 Å². The zero-order valence-electron chi connectivity index (χ0n) is 6.59. The molecular formula is C5H13NNaO2S. The van der Waals surface area contributed by atoms with Crippen LogP contribution in [0.4, 0.5) is 0 Å². The van der Waals surface area contributed by atoms with Crippen LogP contribution in [0.2, 0.25) is 0 Å². The van der Waals surface area contributed by atoms with Gasteiger partial charge in [0.15, 0.2) is 0 Å². The van der Waals surface area contributed by atoms with Gasteiger partial charge >= 0.3 is 0 Å². The van der Waals surface area contributed by atoms with Gasteiger partial charge in [-0.15, -0.1) is 0 Å². The molecule has 0 aromatic rings. The van der Waals surface area contributed by atoms with E-state index in [4.69, 9.17) is 0 Å². The van der Waals surface area contributed by atoms with Crippen LogP contribution in [-0.4, -0.2) is 44.5 Å². The van der Waals surface area contributed by atoms with Crippen LogP contribution in [0, 0.1) is 0 Å². The first kappa shape index (κ1) is 13.5. The van der Waals surface area contributed by atoms with Crippen LogP contribution in [0.1, 0.15) is 26.2 Å². The molecule has 0 aliphatic carbocycles. The number of hydrogen-bond donors (Lipinski definition) is 2. The summed E-state index contributed by atoms with van der Waals surface area (Å²) < 4.78 is 22.1. The van der Waals surface area contributed by atoms with Gasteiger partial charge in [-0.2, -0.15) is 0 Å². The molecule has 0 amide bonds. The van der Waals surface area contributed by atoms with Gasteiger partial charge in [0, 0.05) is 36.1 Å². The second-order valence-corrected chi connectivity index (χ2v) is 2.70. The Bertz CT molecular complexity index is 119. The molecule has 0 aromatic carbocycles. The zero-order valence-corrected chi connectivity index (χ0v) is 9.49. The van der Waals surface area contributed by atoms with Gasteiger partial charge in [-0.05, 0) is 6.42 Å². The number of hydrogen-bond acceptors (Lipinski definition) is 2. The van der Waals surface area contributed by atoms with Gasteiger partial charge in [-0.1, -0.05) is 19.8 Å². The van der Waals surface area contributed by atoms with E-state index >= 15 is 0 Å². The van der Waals surface area contributed by atoms with Crippen LogP contribution in [0.5, 0.6) is 0 Å². The van der Waals surface area contributed by atoms with Crippen molar-refractivity contribution in [3.05, 3.63) is 0 Å². The summed E-state index contributed by atoms with van der Waals surface area (Å²) in [7, 11) is -2.37. The maximum atomic E-state index is 9.89. The van der Waals surface area contributed by atoms with Gasteiger partial charge in [0.05, 0.1) is 0 Å². The molecule has 0 atom stereocenters. The van der Waals surface area contributed by atoms with E-state index in [0.717, 1.165) is 19.3 Å². The first-order chi connectivity index (χ1) is 4.27. The Hall–Kier alpha value is 0.910. The Morgan fingerprint density at radius 2 is 1.90 bits per heavy atom. The average molecular weight is 174 g/mol. The van der Waals surface area contributed by atoms with E-state index in [0.29, 0.717) is 6.54 Å². The number of nitrogens with one attached hydrogen (secondary N) is 1. The molecule has 0 unspecified atom stereocenters. The second kappa shape index (κ2) is 9.91. The maximum absolute atomic E-state index is 9.89. The quantitative estimate of drug-likeness (QED) is 0.347. The van der Waals surface area contributed by atoms with Crippen molar-refractivity contribution < 1.29 is 8.42 Å². The van der Waals surface area contributed by atoms with Crippen molar-refractivity contribution in [2.24, 2.45) is 0 Å². The minimum absolute atomic E-state index is 0. The average Bonchev–Trinajstić information content (AvgIpc) is 1.80. The van der Waals surface area contributed by atoms with Crippen molar-refractivity contribution in [2.75, 3.05) is 6.54 Å². The van der Waals surface area contributed by atoms with Gasteiger partial charge in [-0.3, -0.25) is 0 Å². The molecule has 5 heteroatoms. The summed E-state index contributed by atoms with van der Waals surface area (Å²) in [6, 6.07) is 0. The molecule has 0 spiro atoms. The predicted molar refractivity (Wildman–Crippen MR) is 43.6 cm³/mol. The third kappa shape index (κ3) is 11.7. The van der Waals surface area contributed by atoms with E-state index in [-0.39, 0.29) is 29.6 Å². The standard InChI is InChI=1S/C5H13NO2S.Na/c1-2-3-4-5-6-9(7)8;/h9H,2-5H2,1H3,(H,6,7,8);. The number of rotatable bonds is 5. The summed E-state index contributed by atoms with van der Waals surface area (Å²) in [4.78, 5) is 0. The van der Waals surface area contributed by atoms with E-state index in [9.17, 15) is 8.42 Å². The minimum atomic E-state index is -2.37. The van der Waals surface area contributed by atoms with Crippen molar-refractivity contribution in [3.8, 4) is 0 Å². The van der Waals surface area contributed by atoms with E-state index < -0.39 is 10.9 Å². The van der Waals surface area contributed by atoms with Crippen LogP contribution in [-0.2, 0) is 10.9 Å². The molecule has 0 aromatic heterocycles. The van der Waals surface area contributed by atoms with E-state index in [1.54, 1.807) is 0 Å². The van der Waals surface area contributed by atoms with E-state index in [1.807, 2.05) is 0 Å². The molecule has 0 saturated heterocycles. The van der Waals surface area contributed by atoms with Crippen LogP contribution < -0.4 is 4.72 Å². The molecule has 1 N–H and O–H groups in total. The molecule has 10 heavy (non-hydrogen) atoms. The Balaban J connectivity index is 0. The summed E-state index contributed by atoms with van der Waals surface area (Å²) >= 11 is 0. The second-order valence-electron chi connectivity index (χ2n) is 1.87. The van der Waals surface area contributed by atoms with Gasteiger partial charge in [-0.25, -0.2) is 13.1 Å². The normalized spacial score (nSPS) is 9.40. The van der Waals surface area contributed by atoms with Crippen molar-refractivity contribution >= 4 is 40.4 Å². The van der Waals surface area contributed by atoms with Crippen molar-refractivity contribution in [3.63, 3.8) is 0 Å². The molecule has 0 saturated carbocycles. The van der Waals surface area contributed by atoms with Gasteiger partial charge in [0.25, 0.3) is 0 Å². The Morgan fingerprint density at radius 3 is 2.30 bits per heavy atom. The zero-order chi connectivity index (χ0) is 7.11. The summed E-state index contributed by atoms with van der Waals surface area (Å²) in [5.74, 6) is 0. The minimum Gasteiger partial charge on any atom is -0.218 e. The maximum Gasteiger partial charge on any atom is 0.201 e. The Morgan fingerprint density at radius 1 is 1.30 bits per heavy atom. The van der Waals surface area contributed by atoms with Crippen molar-refractivity contribution in [2.45, 2.75) is 26.2 Å². The molecule has 0 bridgehead atoms. The number of unbranched alkanes of at least 4 members (excludes halogenated alkanes) is 2. The Labute approximate surface area is 86.0 Å². The van der Waals surface area contributed by atoms with Gasteiger partial charge < -0.3 is 0 Å². The molecule has 0 fully saturated rings. The molecule has 0 rings (SSSR count). The summed E-state index contributed by atoms with van der Waals surface area (Å²) in [6.07, 6.45) is 3.16. The third-order valence-electron chi connectivity index (χ3n) is 1.02. The fourth-order valence-corrected chi connectivity index (χ4v) is 0.886. The van der Waals surface area contributed by atoms with Crippen molar-refractivity contribution in [1.29, 1.82) is 0 Å². The predicted octanol–water partition coefficient (Wildman–Crippen LogP) is -0.0882. The molecule has 3 nitrogen and oxygen atoms in total. The molecule has 0 heterocycles. The molecule has 0 aliphatic rings. The molecule has 57 valence electrons. The summed E-state index contributed by atoms with van der Waals surface area (Å²) in [5.41, 5.74) is 0. The number of thiol groups is 1. The van der Waals surface area contributed by atoms with Gasteiger partial charge in [0.2, 0.25) is 10.9 Å².